The van der Waals surface area contributed by atoms with Crippen LogP contribution in [-0.2, 0) is 14.3 Å². The lowest BCUT2D eigenvalue weighted by Gasteiger charge is -2.28. The van der Waals surface area contributed by atoms with E-state index in [1.165, 1.54) is 0 Å². The second-order valence-electron chi connectivity index (χ2n) is 4.31. The average Bonchev–Trinajstić information content (AvgIpc) is 2.32. The molecule has 1 atom stereocenters. The number of Topliss-reactive ketones (excluding diaryl/α,β-unsaturated/α-hetero) is 1. The van der Waals surface area contributed by atoms with Gasteiger partial charge >= 0.3 is 5.97 Å². The molecule has 1 fully saturated rings. The monoisotopic (exact) mass is 236 g/mol. The maximum atomic E-state index is 12.0. The van der Waals surface area contributed by atoms with E-state index in [2.05, 4.69) is 11.8 Å². The molecule has 0 aromatic rings. The van der Waals surface area contributed by atoms with E-state index in [0.717, 1.165) is 19.3 Å². The zero-order valence-corrected chi connectivity index (χ0v) is 10.7. The first-order valence-corrected chi connectivity index (χ1v) is 6.38. The number of carbonyl (C=O) groups is 2. The van der Waals surface area contributed by atoms with Gasteiger partial charge in [0, 0.05) is 12.8 Å². The van der Waals surface area contributed by atoms with E-state index < -0.39 is 11.4 Å². The van der Waals surface area contributed by atoms with Crippen molar-refractivity contribution < 1.29 is 14.3 Å². The van der Waals surface area contributed by atoms with Gasteiger partial charge in [0.25, 0.3) is 0 Å². The summed E-state index contributed by atoms with van der Waals surface area (Å²) in [4.78, 5) is 24.0. The smallest absolute Gasteiger partial charge is 0.331 e. The maximum absolute atomic E-state index is 12.0. The molecule has 0 spiro atoms. The number of rotatable bonds is 3. The summed E-state index contributed by atoms with van der Waals surface area (Å²) >= 11 is 0. The minimum absolute atomic E-state index is 0.0641. The largest absolute Gasteiger partial charge is 0.465 e. The van der Waals surface area contributed by atoms with Crippen LogP contribution < -0.4 is 0 Å². The molecule has 0 amide bonds. The Morgan fingerprint density at radius 3 is 2.76 bits per heavy atom. The van der Waals surface area contributed by atoms with Crippen LogP contribution in [0, 0.1) is 17.3 Å². The first kappa shape index (κ1) is 13.8. The van der Waals surface area contributed by atoms with Crippen LogP contribution in [0.25, 0.3) is 0 Å². The van der Waals surface area contributed by atoms with E-state index >= 15 is 0 Å². The Morgan fingerprint density at radius 2 is 2.18 bits per heavy atom. The van der Waals surface area contributed by atoms with Crippen molar-refractivity contribution in [1.29, 1.82) is 0 Å². The standard InChI is InChI=1S/C14H20O3/c1-3-5-7-10-14(13(16)17-4-2)11-8-6-9-12(14)15/h3-6,8-9,11H2,1-2H3. The maximum Gasteiger partial charge on any atom is 0.331 e. The van der Waals surface area contributed by atoms with Gasteiger partial charge in [-0.1, -0.05) is 19.3 Å². The predicted octanol–water partition coefficient (Wildman–Crippen LogP) is 2.48. The van der Waals surface area contributed by atoms with Crippen LogP contribution in [0.1, 0.15) is 52.4 Å². The number of hydrogen-bond acceptors (Lipinski definition) is 3. The van der Waals surface area contributed by atoms with Crippen LogP contribution in [0.4, 0.5) is 0 Å². The minimum atomic E-state index is -1.16. The molecule has 1 saturated carbocycles. The molecule has 0 saturated heterocycles. The molecule has 1 aliphatic rings. The second kappa shape index (κ2) is 6.44. The van der Waals surface area contributed by atoms with Crippen molar-refractivity contribution in [3.05, 3.63) is 0 Å². The molecule has 0 heterocycles. The summed E-state index contributed by atoms with van der Waals surface area (Å²) < 4.78 is 5.02. The second-order valence-corrected chi connectivity index (χ2v) is 4.31. The molecular weight excluding hydrogens is 216 g/mol. The van der Waals surface area contributed by atoms with Crippen molar-refractivity contribution in [3.63, 3.8) is 0 Å². The molecule has 94 valence electrons. The summed E-state index contributed by atoms with van der Waals surface area (Å²) in [6.07, 6.45) is 4.33. The molecule has 17 heavy (non-hydrogen) atoms. The number of hydrogen-bond donors (Lipinski definition) is 0. The first-order valence-electron chi connectivity index (χ1n) is 6.38. The van der Waals surface area contributed by atoms with Gasteiger partial charge in [-0.2, -0.15) is 0 Å². The quantitative estimate of drug-likeness (QED) is 0.429. The fourth-order valence-corrected chi connectivity index (χ4v) is 2.02. The van der Waals surface area contributed by atoms with Crippen molar-refractivity contribution in [1.82, 2.24) is 0 Å². The predicted molar refractivity (Wildman–Crippen MR) is 65.2 cm³/mol. The summed E-state index contributed by atoms with van der Waals surface area (Å²) in [5.41, 5.74) is -1.16. The third-order valence-corrected chi connectivity index (χ3v) is 2.98. The lowest BCUT2D eigenvalue weighted by molar-refractivity contribution is -0.157. The molecule has 1 unspecified atom stereocenters. The number of esters is 1. The summed E-state index contributed by atoms with van der Waals surface area (Å²) in [6, 6.07) is 0. The molecule has 0 bridgehead atoms. The Labute approximate surface area is 103 Å². The normalized spacial score (nSPS) is 23.8. The van der Waals surface area contributed by atoms with Crippen LogP contribution in [-0.4, -0.2) is 18.4 Å². The topological polar surface area (TPSA) is 43.4 Å². The SMILES string of the molecule is CCCC#CC1(C(=O)OCC)CCCCC1=O. The van der Waals surface area contributed by atoms with Crippen molar-refractivity contribution in [3.8, 4) is 11.8 Å². The highest BCUT2D eigenvalue weighted by molar-refractivity contribution is 6.07. The van der Waals surface area contributed by atoms with Crippen LogP contribution in [0.5, 0.6) is 0 Å². The molecule has 3 nitrogen and oxygen atoms in total. The van der Waals surface area contributed by atoms with E-state index in [-0.39, 0.29) is 5.78 Å². The number of carbonyl (C=O) groups excluding carboxylic acids is 2. The Hall–Kier alpha value is -1.30. The Morgan fingerprint density at radius 1 is 1.41 bits per heavy atom. The molecule has 0 aromatic carbocycles. The van der Waals surface area contributed by atoms with Crippen molar-refractivity contribution in [2.24, 2.45) is 5.41 Å². The van der Waals surface area contributed by atoms with Gasteiger partial charge in [-0.25, -0.2) is 4.79 Å². The molecule has 0 aromatic heterocycles. The van der Waals surface area contributed by atoms with E-state index in [9.17, 15) is 9.59 Å². The van der Waals surface area contributed by atoms with Gasteiger partial charge in [0.2, 0.25) is 0 Å². The summed E-state index contributed by atoms with van der Waals surface area (Å²) in [7, 11) is 0. The Bertz CT molecular complexity index is 348. The Balaban J connectivity index is 2.95. The highest BCUT2D eigenvalue weighted by Crippen LogP contribution is 2.34. The zero-order valence-electron chi connectivity index (χ0n) is 10.7. The third-order valence-electron chi connectivity index (χ3n) is 2.98. The number of ether oxygens (including phenoxy) is 1. The molecule has 1 aliphatic carbocycles. The molecule has 0 aliphatic heterocycles. The first-order chi connectivity index (χ1) is 8.17. The number of unbranched alkanes of at least 4 members (excludes halogenated alkanes) is 1. The van der Waals surface area contributed by atoms with E-state index in [4.69, 9.17) is 4.74 Å². The van der Waals surface area contributed by atoms with E-state index in [1.807, 2.05) is 6.92 Å². The van der Waals surface area contributed by atoms with Crippen LogP contribution in [0.15, 0.2) is 0 Å². The van der Waals surface area contributed by atoms with Crippen LogP contribution >= 0.6 is 0 Å². The summed E-state index contributed by atoms with van der Waals surface area (Å²) in [5.74, 6) is 5.33. The molecule has 1 rings (SSSR count). The van der Waals surface area contributed by atoms with E-state index in [1.54, 1.807) is 6.92 Å². The van der Waals surface area contributed by atoms with Gasteiger partial charge in [0.15, 0.2) is 11.2 Å². The lowest BCUT2D eigenvalue weighted by Crippen LogP contribution is -2.41. The molecular formula is C14H20O3. The fraction of sp³-hybridized carbons (Fsp3) is 0.714. The highest BCUT2D eigenvalue weighted by Gasteiger charge is 2.46. The minimum Gasteiger partial charge on any atom is -0.465 e. The molecule has 0 radical (unpaired) electrons. The number of ketones is 1. The molecule has 3 heteroatoms. The van der Waals surface area contributed by atoms with E-state index in [0.29, 0.717) is 25.9 Å². The van der Waals surface area contributed by atoms with Gasteiger partial charge in [-0.15, -0.1) is 5.92 Å². The van der Waals surface area contributed by atoms with Crippen LogP contribution in [0.2, 0.25) is 0 Å². The van der Waals surface area contributed by atoms with Gasteiger partial charge in [-0.3, -0.25) is 4.79 Å². The van der Waals surface area contributed by atoms with Gasteiger partial charge < -0.3 is 4.74 Å². The van der Waals surface area contributed by atoms with Crippen molar-refractivity contribution in [2.75, 3.05) is 6.61 Å². The highest BCUT2D eigenvalue weighted by atomic mass is 16.5. The van der Waals surface area contributed by atoms with Crippen LogP contribution in [0.3, 0.4) is 0 Å². The summed E-state index contributed by atoms with van der Waals surface area (Å²) in [5, 5.41) is 0. The van der Waals surface area contributed by atoms with Gasteiger partial charge in [0.1, 0.15) is 0 Å². The molecule has 0 N–H and O–H groups in total. The van der Waals surface area contributed by atoms with Gasteiger partial charge in [-0.05, 0) is 26.2 Å². The van der Waals surface area contributed by atoms with Crippen molar-refractivity contribution in [2.45, 2.75) is 52.4 Å². The van der Waals surface area contributed by atoms with Crippen molar-refractivity contribution >= 4 is 11.8 Å². The average molecular weight is 236 g/mol. The van der Waals surface area contributed by atoms with Gasteiger partial charge in [0.05, 0.1) is 6.61 Å². The zero-order chi connectivity index (χ0) is 12.7. The summed E-state index contributed by atoms with van der Waals surface area (Å²) in [6.45, 7) is 4.07. The lowest BCUT2D eigenvalue weighted by atomic mass is 9.73. The third kappa shape index (κ3) is 3.09. The Kier molecular flexibility index (Phi) is 5.21. The fourth-order valence-electron chi connectivity index (χ4n) is 2.02.